The highest BCUT2D eigenvalue weighted by Crippen LogP contribution is 2.48. The number of carbonyl (C=O) groups is 3. The lowest BCUT2D eigenvalue weighted by Crippen LogP contribution is -2.46. The van der Waals surface area contributed by atoms with E-state index in [0.29, 0.717) is 22.6 Å². The lowest BCUT2D eigenvalue weighted by Gasteiger charge is -2.30. The number of methoxy groups -OCH3 is 2. The number of ether oxygens (including phenoxy) is 2. The second-order valence-electron chi connectivity index (χ2n) is 14.1. The maximum atomic E-state index is 13.1. The molecule has 16 nitrogen and oxygen atoms in total. The average molecular weight is 862 g/mol. The summed E-state index contributed by atoms with van der Waals surface area (Å²) in [4.78, 5) is 52.9. The molecule has 2 unspecified atom stereocenters. The van der Waals surface area contributed by atoms with Gasteiger partial charge >= 0.3 is 5.97 Å². The predicted octanol–water partition coefficient (Wildman–Crippen LogP) is 6.89. The van der Waals surface area contributed by atoms with E-state index < -0.39 is 35.1 Å². The summed E-state index contributed by atoms with van der Waals surface area (Å²) in [7, 11) is 5.81. The molecule has 1 aliphatic carbocycles. The first-order valence-electron chi connectivity index (χ1n) is 18.2. The molecule has 2 heterocycles. The summed E-state index contributed by atoms with van der Waals surface area (Å²) in [5.74, 6) is -0.900. The molecule has 0 aliphatic heterocycles. The van der Waals surface area contributed by atoms with E-state index in [1.165, 1.54) is 61.0 Å². The fourth-order valence-corrected chi connectivity index (χ4v) is 7.70. The van der Waals surface area contributed by atoms with E-state index in [4.69, 9.17) is 21.1 Å². The zero-order valence-corrected chi connectivity index (χ0v) is 36.1. The van der Waals surface area contributed by atoms with Crippen LogP contribution in [0.4, 0.5) is 20.2 Å². The van der Waals surface area contributed by atoms with Crippen LogP contribution in [-0.2, 0) is 38.1 Å². The van der Waals surface area contributed by atoms with E-state index in [2.05, 4.69) is 58.0 Å². The van der Waals surface area contributed by atoms with Crippen LogP contribution < -0.4 is 20.9 Å². The van der Waals surface area contributed by atoms with Crippen LogP contribution in [0, 0.1) is 24.0 Å². The number of benzene rings is 2. The third kappa shape index (κ3) is 12.7. The normalized spacial score (nSPS) is 14.5. The van der Waals surface area contributed by atoms with Gasteiger partial charge in [-0.25, -0.2) is 28.7 Å². The lowest BCUT2D eigenvalue weighted by molar-refractivity contribution is -0.485. The highest BCUT2D eigenvalue weighted by molar-refractivity contribution is 7.15. The van der Waals surface area contributed by atoms with Crippen molar-refractivity contribution in [3.8, 4) is 0 Å². The fourth-order valence-electron chi connectivity index (χ4n) is 6.78. The number of rotatable bonds is 11. The lowest BCUT2D eigenvalue weighted by atomic mass is 9.86. The molecular formula is C39H50ClF2N9O7S. The maximum Gasteiger partial charge on any atom is 0.328 e. The van der Waals surface area contributed by atoms with Crippen LogP contribution in [0.2, 0.25) is 4.47 Å². The second-order valence-corrected chi connectivity index (χ2v) is 15.8. The number of carbonyl (C=O) groups excluding carboxylic acids is 3. The number of esters is 1. The third-order valence-corrected chi connectivity index (χ3v) is 10.3. The molecule has 2 atom stereocenters. The number of guanidine groups is 1. The Morgan fingerprint density at radius 2 is 1.81 bits per heavy atom. The third-order valence-electron chi connectivity index (χ3n) is 9.22. The average Bonchev–Trinajstić information content (AvgIpc) is 3.85. The van der Waals surface area contributed by atoms with Crippen LogP contribution in [0.15, 0.2) is 53.9 Å². The molecule has 2 aromatic heterocycles. The van der Waals surface area contributed by atoms with Crippen molar-refractivity contribution in [2.24, 2.45) is 12.1 Å². The highest BCUT2D eigenvalue weighted by atomic mass is 35.5. The van der Waals surface area contributed by atoms with E-state index in [-0.39, 0.29) is 29.5 Å². The summed E-state index contributed by atoms with van der Waals surface area (Å²) in [5, 5.41) is 24.2. The Labute approximate surface area is 350 Å². The first-order valence-corrected chi connectivity index (χ1v) is 19.4. The highest BCUT2D eigenvalue weighted by Gasteiger charge is 2.36. The number of fused-ring (bicyclic) bond motifs is 1. The molecule has 3 N–H and O–H groups in total. The van der Waals surface area contributed by atoms with E-state index in [1.54, 1.807) is 13.1 Å². The minimum Gasteiger partial charge on any atom is -0.467 e. The molecule has 0 fully saturated rings. The largest absolute Gasteiger partial charge is 0.467 e. The van der Waals surface area contributed by atoms with Gasteiger partial charge in [0.2, 0.25) is 0 Å². The molecule has 0 spiro atoms. The van der Waals surface area contributed by atoms with Gasteiger partial charge in [-0.3, -0.25) is 19.2 Å². The monoisotopic (exact) mass is 861 g/mol. The van der Waals surface area contributed by atoms with Crippen molar-refractivity contribution < 1.29 is 37.7 Å². The van der Waals surface area contributed by atoms with Gasteiger partial charge in [-0.1, -0.05) is 62.7 Å². The summed E-state index contributed by atoms with van der Waals surface area (Å²) in [6.45, 7) is 12.2. The van der Waals surface area contributed by atoms with E-state index in [1.807, 2.05) is 44.2 Å². The molecule has 2 amide bonds. The number of thiazole rings is 1. The molecule has 0 bridgehead atoms. The number of aryl methyl sites for hydroxylation is 3. The number of hydrazone groups is 1. The number of anilines is 2. The van der Waals surface area contributed by atoms with Crippen molar-refractivity contribution in [2.75, 3.05) is 38.1 Å². The molecular weight excluding hydrogens is 812 g/mol. The van der Waals surface area contributed by atoms with Crippen molar-refractivity contribution >= 4 is 58.1 Å². The van der Waals surface area contributed by atoms with Crippen LogP contribution in [0.1, 0.15) is 89.6 Å². The first kappa shape index (κ1) is 47.8. The number of aromatic nitrogens is 3. The number of nitrogens with one attached hydrogen (secondary N) is 3. The van der Waals surface area contributed by atoms with Crippen molar-refractivity contribution in [1.29, 1.82) is 0 Å². The fraction of sp³-hybridized carbons (Fsp3) is 0.436. The zero-order valence-electron chi connectivity index (χ0n) is 34.6. The summed E-state index contributed by atoms with van der Waals surface area (Å²) in [6, 6.07) is 10.8. The number of alkyl halides is 2. The summed E-state index contributed by atoms with van der Waals surface area (Å²) >= 11 is 6.92. The van der Waals surface area contributed by atoms with Crippen molar-refractivity contribution in [3.63, 3.8) is 0 Å². The van der Waals surface area contributed by atoms with E-state index in [0.717, 1.165) is 33.7 Å². The predicted molar refractivity (Wildman–Crippen MR) is 223 cm³/mol. The van der Waals surface area contributed by atoms with Crippen LogP contribution in [0.5, 0.6) is 0 Å². The number of halogens is 3. The molecule has 320 valence electrons. The number of hydrogen-bond acceptors (Lipinski definition) is 10. The van der Waals surface area contributed by atoms with Gasteiger partial charge in [0.05, 0.1) is 24.9 Å². The van der Waals surface area contributed by atoms with E-state index >= 15 is 0 Å². The van der Waals surface area contributed by atoms with Gasteiger partial charge in [0.15, 0.2) is 9.50 Å². The Bertz CT molecular complexity index is 2120. The molecule has 4 aromatic rings. The molecule has 59 heavy (non-hydrogen) atoms. The standard InChI is InChI=1S/C18H21F2N3O.C15H21NO4.C6H8ClN5O2S/c1-10-8-18(2,3)12-6-5-7-13(14(10)12)21-17(24)11-9-23(4)22-15(11)16(19)20;1-10-7-6-8-11(2)14(10)16(13(17)9-19-4)12(3)15(18)20-5;1-8-6(11-12(13)14)10-3-4-2-9-5(7)15-4/h5-7,9-10,16H,8H2,1-4H3,(H,21,24);6-8,12H,9H2,1-5H3;2H,3H2,1H3,(H2,8,10,11). The van der Waals surface area contributed by atoms with Crippen LogP contribution in [-0.4, -0.2) is 77.5 Å². The maximum absolute atomic E-state index is 13.1. The number of amides is 2. The number of nitro groups is 1. The Hall–Kier alpha value is -5.53. The molecule has 1 aliphatic rings. The van der Waals surface area contributed by atoms with Gasteiger partial charge in [-0.2, -0.15) is 5.10 Å². The van der Waals surface area contributed by atoms with Crippen molar-refractivity contribution in [3.05, 3.63) is 102 Å². The molecule has 0 saturated heterocycles. The van der Waals surface area contributed by atoms with Gasteiger partial charge in [-0.05, 0) is 66.8 Å². The van der Waals surface area contributed by atoms with Crippen molar-refractivity contribution in [1.82, 2.24) is 25.4 Å². The van der Waals surface area contributed by atoms with Crippen LogP contribution >= 0.6 is 22.9 Å². The summed E-state index contributed by atoms with van der Waals surface area (Å²) in [6.07, 6.45) is 1.13. The molecule has 0 saturated carbocycles. The van der Waals surface area contributed by atoms with Gasteiger partial charge in [0.1, 0.15) is 23.4 Å². The molecule has 2 aromatic carbocycles. The van der Waals surface area contributed by atoms with Crippen LogP contribution in [0.25, 0.3) is 0 Å². The van der Waals surface area contributed by atoms with Crippen LogP contribution in [0.3, 0.4) is 0 Å². The van der Waals surface area contributed by atoms with Gasteiger partial charge in [-0.15, -0.1) is 11.3 Å². The molecule has 5 rings (SSSR count). The Balaban J connectivity index is 0.000000243. The Kier molecular flexibility index (Phi) is 17.4. The number of hydrogen-bond donors (Lipinski definition) is 3. The second kappa shape index (κ2) is 21.5. The number of nitrogens with zero attached hydrogens (tertiary/aromatic N) is 6. The first-order chi connectivity index (χ1) is 27.8. The van der Waals surface area contributed by atoms with E-state index in [9.17, 15) is 33.3 Å². The topological polar surface area (TPSA) is 195 Å². The zero-order chi connectivity index (χ0) is 44.2. The SMILES string of the molecule is CC1CC(C)(C)c2cccc(NC(=O)c3cn(C)nc3C(F)F)c21.CN/C(=N\[N+](=O)[O-])NCc1cnc(Cl)s1.COCC(=O)N(c1c(C)cccc1C)C(C)C(=O)OC. The van der Waals surface area contributed by atoms with Gasteiger partial charge < -0.3 is 25.4 Å². The molecule has 20 heteroatoms. The Morgan fingerprint density at radius 3 is 2.36 bits per heavy atom. The minimum atomic E-state index is -2.79. The minimum absolute atomic E-state index is 0.0396. The smallest absolute Gasteiger partial charge is 0.328 e. The molecule has 0 radical (unpaired) electrons. The van der Waals surface area contributed by atoms with Gasteiger partial charge in [0, 0.05) is 44.2 Å². The summed E-state index contributed by atoms with van der Waals surface area (Å²) in [5.41, 5.74) is 5.03. The number of para-hydroxylation sites is 1. The Morgan fingerprint density at radius 1 is 1.17 bits per heavy atom. The van der Waals surface area contributed by atoms with Crippen molar-refractivity contribution in [2.45, 2.75) is 78.3 Å². The summed E-state index contributed by atoms with van der Waals surface area (Å²) < 4.78 is 37.5. The van der Waals surface area contributed by atoms with Gasteiger partial charge in [0.25, 0.3) is 24.2 Å². The quantitative estimate of drug-likeness (QED) is 0.0467.